The van der Waals surface area contributed by atoms with Gasteiger partial charge in [0.15, 0.2) is 5.69 Å². The molecule has 0 aliphatic heterocycles. The number of nitrogens with one attached hydrogen (secondary N) is 1. The second-order valence-corrected chi connectivity index (χ2v) is 7.91. The third-order valence-electron chi connectivity index (χ3n) is 5.80. The van der Waals surface area contributed by atoms with Crippen LogP contribution in [0.25, 0.3) is 16.9 Å². The summed E-state index contributed by atoms with van der Waals surface area (Å²) in [6, 6.07) is 9.13. The first kappa shape index (κ1) is 20.2. The molecule has 0 bridgehead atoms. The molecule has 1 fully saturated rings. The number of ether oxygens (including phenoxy) is 1. The molecule has 158 valence electrons. The molecular weight excluding hydrogens is 382 g/mol. The van der Waals surface area contributed by atoms with Crippen LogP contribution in [0.15, 0.2) is 35.1 Å². The van der Waals surface area contributed by atoms with E-state index in [4.69, 9.17) is 4.74 Å². The summed E-state index contributed by atoms with van der Waals surface area (Å²) in [5, 5.41) is 13.3. The van der Waals surface area contributed by atoms with Gasteiger partial charge in [0.1, 0.15) is 11.4 Å². The van der Waals surface area contributed by atoms with E-state index in [-0.39, 0.29) is 17.2 Å². The molecule has 7 heteroatoms. The molecule has 3 aromatic rings. The van der Waals surface area contributed by atoms with Gasteiger partial charge in [-0.2, -0.15) is 9.61 Å². The fraction of sp³-hybridized carbons (Fsp3) is 0.435. The first-order valence-electron chi connectivity index (χ1n) is 10.7. The SMILES string of the molecule is CCCCOc1ccc(-c2[nH]c3cc(C(=O)O)nn3c(=O)c2C2CCCCC2)cc1. The molecule has 0 saturated heterocycles. The number of nitrogens with zero attached hydrogens (tertiary/aromatic N) is 2. The predicted octanol–water partition coefficient (Wildman–Crippen LogP) is 4.61. The van der Waals surface area contributed by atoms with Crippen LogP contribution in [0.3, 0.4) is 0 Å². The van der Waals surface area contributed by atoms with E-state index >= 15 is 0 Å². The van der Waals surface area contributed by atoms with Crippen molar-refractivity contribution in [3.8, 4) is 17.0 Å². The molecule has 0 spiro atoms. The molecule has 1 aliphatic carbocycles. The van der Waals surface area contributed by atoms with Crippen molar-refractivity contribution in [3.63, 3.8) is 0 Å². The van der Waals surface area contributed by atoms with Crippen LogP contribution in [-0.2, 0) is 0 Å². The maximum absolute atomic E-state index is 13.4. The standard InChI is InChI=1S/C23H27N3O4/c1-2-3-13-30-17-11-9-16(10-12-17)21-20(15-7-5-4-6-8-15)22(27)26-19(24-21)14-18(25-26)23(28)29/h9-12,14-15,24H,2-8,13H2,1H3,(H,28,29). The Balaban J connectivity index is 1.80. The lowest BCUT2D eigenvalue weighted by Gasteiger charge is -2.23. The highest BCUT2D eigenvalue weighted by molar-refractivity contribution is 5.86. The van der Waals surface area contributed by atoms with Gasteiger partial charge < -0.3 is 14.8 Å². The van der Waals surface area contributed by atoms with Crippen molar-refractivity contribution in [1.82, 2.24) is 14.6 Å². The summed E-state index contributed by atoms with van der Waals surface area (Å²) in [7, 11) is 0. The van der Waals surface area contributed by atoms with Crippen LogP contribution in [0.5, 0.6) is 5.75 Å². The third-order valence-corrected chi connectivity index (χ3v) is 5.80. The number of carbonyl (C=O) groups is 1. The molecule has 4 rings (SSSR count). The van der Waals surface area contributed by atoms with E-state index in [1.807, 2.05) is 24.3 Å². The van der Waals surface area contributed by atoms with Gasteiger partial charge >= 0.3 is 5.97 Å². The minimum absolute atomic E-state index is 0.139. The highest BCUT2D eigenvalue weighted by atomic mass is 16.5. The second kappa shape index (κ2) is 8.73. The van der Waals surface area contributed by atoms with Gasteiger partial charge in [0.05, 0.1) is 12.3 Å². The largest absolute Gasteiger partial charge is 0.494 e. The quantitative estimate of drug-likeness (QED) is 0.555. The number of aromatic carboxylic acids is 1. The molecule has 2 heterocycles. The number of aromatic nitrogens is 3. The Hall–Kier alpha value is -3.09. The number of hydrogen-bond donors (Lipinski definition) is 2. The van der Waals surface area contributed by atoms with E-state index in [2.05, 4.69) is 17.0 Å². The van der Waals surface area contributed by atoms with Crippen molar-refractivity contribution in [2.75, 3.05) is 6.61 Å². The lowest BCUT2D eigenvalue weighted by Crippen LogP contribution is -2.25. The summed E-state index contributed by atoms with van der Waals surface area (Å²) < 4.78 is 6.95. The predicted molar refractivity (Wildman–Crippen MR) is 114 cm³/mol. The molecule has 7 nitrogen and oxygen atoms in total. The van der Waals surface area contributed by atoms with E-state index in [0.29, 0.717) is 17.8 Å². The van der Waals surface area contributed by atoms with Crippen LogP contribution >= 0.6 is 0 Å². The summed E-state index contributed by atoms with van der Waals surface area (Å²) in [6.07, 6.45) is 7.34. The number of H-pyrrole nitrogens is 1. The number of aromatic amines is 1. The number of carboxylic acids is 1. The van der Waals surface area contributed by atoms with Crippen molar-refractivity contribution in [3.05, 3.63) is 51.9 Å². The number of rotatable bonds is 7. The van der Waals surface area contributed by atoms with Crippen molar-refractivity contribution in [2.45, 2.75) is 57.8 Å². The van der Waals surface area contributed by atoms with Gasteiger partial charge in [0, 0.05) is 11.6 Å². The third kappa shape index (κ3) is 3.97. The van der Waals surface area contributed by atoms with E-state index in [0.717, 1.165) is 55.5 Å². The number of hydrogen-bond acceptors (Lipinski definition) is 4. The van der Waals surface area contributed by atoms with Gasteiger partial charge in [-0.25, -0.2) is 4.79 Å². The number of benzene rings is 1. The second-order valence-electron chi connectivity index (χ2n) is 7.91. The molecule has 1 aliphatic rings. The molecule has 1 saturated carbocycles. The van der Waals surface area contributed by atoms with E-state index in [9.17, 15) is 14.7 Å². The summed E-state index contributed by atoms with van der Waals surface area (Å²) in [4.78, 5) is 28.0. The van der Waals surface area contributed by atoms with Crippen molar-refractivity contribution in [1.29, 1.82) is 0 Å². The van der Waals surface area contributed by atoms with Crippen LogP contribution in [-0.4, -0.2) is 32.3 Å². The smallest absolute Gasteiger partial charge is 0.356 e. The van der Waals surface area contributed by atoms with E-state index < -0.39 is 5.97 Å². The summed E-state index contributed by atoms with van der Waals surface area (Å²) in [6.45, 7) is 2.80. The van der Waals surface area contributed by atoms with Crippen molar-refractivity contribution < 1.29 is 14.6 Å². The maximum atomic E-state index is 13.4. The number of fused-ring (bicyclic) bond motifs is 1. The monoisotopic (exact) mass is 409 g/mol. The zero-order chi connectivity index (χ0) is 21.1. The van der Waals surface area contributed by atoms with Gasteiger partial charge in [0.25, 0.3) is 5.56 Å². The molecule has 30 heavy (non-hydrogen) atoms. The summed E-state index contributed by atoms with van der Waals surface area (Å²) in [5.41, 5.74) is 2.33. The van der Waals surface area contributed by atoms with E-state index in [1.165, 1.54) is 17.0 Å². The molecular formula is C23H27N3O4. The first-order valence-corrected chi connectivity index (χ1v) is 10.7. The fourth-order valence-electron chi connectivity index (χ4n) is 4.20. The zero-order valence-corrected chi connectivity index (χ0v) is 17.2. The Morgan fingerprint density at radius 2 is 1.97 bits per heavy atom. The maximum Gasteiger partial charge on any atom is 0.356 e. The average molecular weight is 409 g/mol. The molecule has 0 radical (unpaired) electrons. The van der Waals surface area contributed by atoms with Crippen LogP contribution in [0.4, 0.5) is 0 Å². The summed E-state index contributed by atoms with van der Waals surface area (Å²) >= 11 is 0. The van der Waals surface area contributed by atoms with Crippen LogP contribution in [0.1, 0.15) is 73.8 Å². The Morgan fingerprint density at radius 1 is 1.23 bits per heavy atom. The normalized spacial score (nSPS) is 14.8. The molecule has 0 unspecified atom stereocenters. The highest BCUT2D eigenvalue weighted by Gasteiger charge is 2.25. The lowest BCUT2D eigenvalue weighted by atomic mass is 9.83. The molecule has 0 amide bonds. The highest BCUT2D eigenvalue weighted by Crippen LogP contribution is 2.36. The number of unbranched alkanes of at least 4 members (excludes halogenated alkanes) is 1. The van der Waals surface area contributed by atoms with Gasteiger partial charge in [-0.3, -0.25) is 4.79 Å². The van der Waals surface area contributed by atoms with Crippen molar-refractivity contribution >= 4 is 11.6 Å². The first-order chi connectivity index (χ1) is 14.6. The minimum Gasteiger partial charge on any atom is -0.494 e. The van der Waals surface area contributed by atoms with Gasteiger partial charge in [0.2, 0.25) is 0 Å². The van der Waals surface area contributed by atoms with Crippen LogP contribution in [0.2, 0.25) is 0 Å². The minimum atomic E-state index is -1.15. The topological polar surface area (TPSA) is 96.7 Å². The fourth-order valence-corrected chi connectivity index (χ4v) is 4.20. The molecule has 2 N–H and O–H groups in total. The zero-order valence-electron chi connectivity index (χ0n) is 17.2. The van der Waals surface area contributed by atoms with Crippen LogP contribution in [0, 0.1) is 0 Å². The average Bonchev–Trinajstić information content (AvgIpc) is 3.20. The van der Waals surface area contributed by atoms with Gasteiger partial charge in [-0.15, -0.1) is 0 Å². The van der Waals surface area contributed by atoms with Crippen LogP contribution < -0.4 is 10.3 Å². The Kier molecular flexibility index (Phi) is 5.88. The lowest BCUT2D eigenvalue weighted by molar-refractivity contribution is 0.0690. The van der Waals surface area contributed by atoms with Gasteiger partial charge in [-0.05, 0) is 55.0 Å². The van der Waals surface area contributed by atoms with Gasteiger partial charge in [-0.1, -0.05) is 32.6 Å². The van der Waals surface area contributed by atoms with Crippen molar-refractivity contribution in [2.24, 2.45) is 0 Å². The molecule has 2 aromatic heterocycles. The molecule has 0 atom stereocenters. The Morgan fingerprint density at radius 3 is 2.63 bits per heavy atom. The Labute approximate surface area is 174 Å². The summed E-state index contributed by atoms with van der Waals surface area (Å²) in [5.74, 6) is -0.215. The Bertz CT molecular complexity index is 1090. The van der Waals surface area contributed by atoms with E-state index in [1.54, 1.807) is 0 Å². The number of carboxylic acid groups (broad SMARTS) is 1. The molecule has 1 aromatic carbocycles.